The van der Waals surface area contributed by atoms with E-state index in [2.05, 4.69) is 228 Å². The van der Waals surface area contributed by atoms with Gasteiger partial charge >= 0.3 is 0 Å². The Morgan fingerprint density at radius 1 is 0.317 bits per heavy atom. The van der Waals surface area contributed by atoms with Gasteiger partial charge in [0.25, 0.3) is 0 Å². The van der Waals surface area contributed by atoms with Crippen LogP contribution in [-0.4, -0.2) is 19.1 Å². The summed E-state index contributed by atoms with van der Waals surface area (Å²) in [6.45, 7) is 2.19. The molecule has 3 heterocycles. The third-order valence-corrected chi connectivity index (χ3v) is 12.5. The Labute approximate surface area is 365 Å². The Morgan fingerprint density at radius 2 is 0.778 bits per heavy atom. The molecule has 0 spiro atoms. The third-order valence-electron chi connectivity index (χ3n) is 12.5. The minimum absolute atomic E-state index is 0.659. The highest BCUT2D eigenvalue weighted by molar-refractivity contribution is 6.13. The van der Waals surface area contributed by atoms with Crippen molar-refractivity contribution in [2.45, 2.75) is 6.92 Å². The molecule has 0 saturated heterocycles. The summed E-state index contributed by atoms with van der Waals surface area (Å²) < 4.78 is 4.88. The quantitative estimate of drug-likeness (QED) is 0.161. The van der Waals surface area contributed by atoms with E-state index < -0.39 is 0 Å². The fourth-order valence-electron chi connectivity index (χ4n) is 9.64. The molecule has 0 atom stereocenters. The van der Waals surface area contributed by atoms with E-state index in [1.54, 1.807) is 0 Å². The Kier molecular flexibility index (Phi) is 8.68. The molecule has 9 aromatic carbocycles. The van der Waals surface area contributed by atoms with Crippen molar-refractivity contribution in [2.75, 3.05) is 0 Å². The van der Waals surface area contributed by atoms with Crippen molar-refractivity contribution in [1.29, 1.82) is 0 Å². The van der Waals surface area contributed by atoms with E-state index in [1.165, 1.54) is 38.2 Å². The Bertz CT molecular complexity index is 3580. The van der Waals surface area contributed by atoms with Crippen molar-refractivity contribution >= 4 is 43.6 Å². The maximum Gasteiger partial charge on any atom is 0.161 e. The number of aryl methyl sites for hydroxylation is 1. The smallest absolute Gasteiger partial charge is 0.161 e. The number of para-hydroxylation sites is 4. The van der Waals surface area contributed by atoms with Crippen LogP contribution in [0.5, 0.6) is 0 Å². The van der Waals surface area contributed by atoms with Crippen molar-refractivity contribution < 1.29 is 0 Å². The molecule has 0 radical (unpaired) electrons. The summed E-state index contributed by atoms with van der Waals surface area (Å²) in [6.07, 6.45) is 0. The van der Waals surface area contributed by atoms with Crippen LogP contribution in [0.3, 0.4) is 0 Å². The fraction of sp³-hybridized carbons (Fsp3) is 0.0169. The number of benzene rings is 9. The fourth-order valence-corrected chi connectivity index (χ4v) is 9.64. The molecule has 0 fully saturated rings. The van der Waals surface area contributed by atoms with Gasteiger partial charge in [-0.3, -0.25) is 0 Å². The zero-order chi connectivity index (χ0) is 41.9. The molecule has 0 unspecified atom stereocenters. The number of hydrogen-bond donors (Lipinski definition) is 0. The lowest BCUT2D eigenvalue weighted by Gasteiger charge is -2.21. The van der Waals surface area contributed by atoms with Crippen LogP contribution in [0.25, 0.3) is 111 Å². The van der Waals surface area contributed by atoms with Gasteiger partial charge in [0, 0.05) is 49.4 Å². The lowest BCUT2D eigenvalue weighted by Crippen LogP contribution is -2.04. The molecule has 4 heteroatoms. The molecule has 4 nitrogen and oxygen atoms in total. The molecule has 0 amide bonds. The van der Waals surface area contributed by atoms with E-state index in [0.717, 1.165) is 72.6 Å². The standard InChI is InChI=1S/C59H40N4/c1-39-19-8-9-24-43(39)42-35-36-56-49(37-42)46-27-12-16-32-54(46)63(56)57-34-18-29-48(59-60-50(40-20-4-2-5-21-40)38-51(61-59)41-22-6-3-7-23-41)58(57)47-28-13-17-33-55(47)62-52-30-14-10-25-44(52)45-26-11-15-31-53(45)62/h2-38H,1H3. The molecule has 3 aromatic heterocycles. The minimum atomic E-state index is 0.659. The van der Waals surface area contributed by atoms with Gasteiger partial charge in [-0.25, -0.2) is 9.97 Å². The van der Waals surface area contributed by atoms with Gasteiger partial charge in [-0.1, -0.05) is 176 Å². The van der Waals surface area contributed by atoms with Crippen LogP contribution in [-0.2, 0) is 0 Å². The van der Waals surface area contributed by atoms with Gasteiger partial charge in [-0.2, -0.15) is 0 Å². The first-order valence-corrected chi connectivity index (χ1v) is 21.5. The number of fused-ring (bicyclic) bond motifs is 6. The summed E-state index contributed by atoms with van der Waals surface area (Å²) in [5, 5.41) is 4.83. The van der Waals surface area contributed by atoms with Crippen LogP contribution >= 0.6 is 0 Å². The molecule has 0 aliphatic rings. The molecular formula is C59H40N4. The lowest BCUT2D eigenvalue weighted by molar-refractivity contribution is 1.15. The SMILES string of the molecule is Cc1ccccc1-c1ccc2c(c1)c1ccccc1n2-c1cccc(-c2nc(-c3ccccc3)cc(-c3ccccc3)n2)c1-c1ccccc1-n1c2ccccc2c2ccccc21. The van der Waals surface area contributed by atoms with Gasteiger partial charge in [0.05, 0.1) is 44.8 Å². The molecule has 0 aliphatic carbocycles. The van der Waals surface area contributed by atoms with Crippen LogP contribution in [0.1, 0.15) is 5.56 Å². The molecule has 0 N–H and O–H groups in total. The zero-order valence-corrected chi connectivity index (χ0v) is 34.7. The van der Waals surface area contributed by atoms with Crippen LogP contribution in [0.2, 0.25) is 0 Å². The largest absolute Gasteiger partial charge is 0.309 e. The molecular weight excluding hydrogens is 765 g/mol. The van der Waals surface area contributed by atoms with E-state index in [9.17, 15) is 0 Å². The van der Waals surface area contributed by atoms with Gasteiger partial charge in [-0.15, -0.1) is 0 Å². The second-order valence-corrected chi connectivity index (χ2v) is 16.2. The number of aromatic nitrogens is 4. The zero-order valence-electron chi connectivity index (χ0n) is 34.7. The first kappa shape index (κ1) is 36.5. The molecule has 0 bridgehead atoms. The topological polar surface area (TPSA) is 35.6 Å². The van der Waals surface area contributed by atoms with Crippen molar-refractivity contribution in [2.24, 2.45) is 0 Å². The Morgan fingerprint density at radius 3 is 1.40 bits per heavy atom. The van der Waals surface area contributed by atoms with E-state index in [0.29, 0.717) is 5.82 Å². The Balaban J connectivity index is 1.20. The predicted octanol–water partition coefficient (Wildman–Crippen LogP) is 15.3. The summed E-state index contributed by atoms with van der Waals surface area (Å²) in [4.78, 5) is 10.9. The molecule has 12 rings (SSSR count). The highest BCUT2D eigenvalue weighted by Crippen LogP contribution is 2.45. The van der Waals surface area contributed by atoms with Gasteiger partial charge in [0.2, 0.25) is 0 Å². The Hall–Kier alpha value is -8.34. The average molecular weight is 805 g/mol. The predicted molar refractivity (Wildman–Crippen MR) is 263 cm³/mol. The average Bonchev–Trinajstić information content (AvgIpc) is 3.87. The van der Waals surface area contributed by atoms with E-state index in [-0.39, 0.29) is 0 Å². The van der Waals surface area contributed by atoms with Crippen molar-refractivity contribution in [3.05, 3.63) is 230 Å². The van der Waals surface area contributed by atoms with E-state index in [4.69, 9.17) is 9.97 Å². The summed E-state index contributed by atoms with van der Waals surface area (Å²) in [5.41, 5.74) is 17.3. The maximum atomic E-state index is 5.45. The van der Waals surface area contributed by atoms with Gasteiger partial charge in [0.1, 0.15) is 0 Å². The summed E-state index contributed by atoms with van der Waals surface area (Å²) in [7, 11) is 0. The van der Waals surface area contributed by atoms with Gasteiger partial charge in [0.15, 0.2) is 5.82 Å². The third kappa shape index (κ3) is 6.07. The lowest BCUT2D eigenvalue weighted by atomic mass is 9.94. The molecule has 12 aromatic rings. The van der Waals surface area contributed by atoms with Crippen molar-refractivity contribution in [3.63, 3.8) is 0 Å². The first-order chi connectivity index (χ1) is 31.2. The molecule has 0 aliphatic heterocycles. The highest BCUT2D eigenvalue weighted by atomic mass is 15.0. The van der Waals surface area contributed by atoms with Crippen molar-refractivity contribution in [3.8, 4) is 67.5 Å². The monoisotopic (exact) mass is 804 g/mol. The molecule has 63 heavy (non-hydrogen) atoms. The minimum Gasteiger partial charge on any atom is -0.309 e. The maximum absolute atomic E-state index is 5.45. The molecule has 296 valence electrons. The molecule has 0 saturated carbocycles. The van der Waals surface area contributed by atoms with Crippen LogP contribution in [0.4, 0.5) is 0 Å². The van der Waals surface area contributed by atoms with Crippen LogP contribution in [0.15, 0.2) is 224 Å². The highest BCUT2D eigenvalue weighted by Gasteiger charge is 2.25. The summed E-state index contributed by atoms with van der Waals surface area (Å²) in [6, 6.07) is 80.3. The van der Waals surface area contributed by atoms with Gasteiger partial charge < -0.3 is 9.13 Å². The second-order valence-electron chi connectivity index (χ2n) is 16.2. The van der Waals surface area contributed by atoms with Crippen LogP contribution < -0.4 is 0 Å². The number of rotatable bonds is 7. The number of hydrogen-bond acceptors (Lipinski definition) is 2. The summed E-state index contributed by atoms with van der Waals surface area (Å²) >= 11 is 0. The second kappa shape index (κ2) is 15.0. The van der Waals surface area contributed by atoms with Crippen LogP contribution in [0, 0.1) is 6.92 Å². The van der Waals surface area contributed by atoms with E-state index in [1.807, 2.05) is 12.1 Å². The number of nitrogens with zero attached hydrogens (tertiary/aromatic N) is 4. The van der Waals surface area contributed by atoms with Gasteiger partial charge in [-0.05, 0) is 72.1 Å². The summed E-state index contributed by atoms with van der Waals surface area (Å²) in [5.74, 6) is 0.659. The van der Waals surface area contributed by atoms with Crippen molar-refractivity contribution in [1.82, 2.24) is 19.1 Å². The van der Waals surface area contributed by atoms with E-state index >= 15 is 0 Å². The first-order valence-electron chi connectivity index (χ1n) is 21.5. The normalized spacial score (nSPS) is 11.6.